The number of carboxylic acid groups (broad SMARTS) is 1. The molecule has 0 saturated heterocycles. The first kappa shape index (κ1) is 16.7. The van der Waals surface area contributed by atoms with E-state index in [9.17, 15) is 22.8 Å². The first-order valence-corrected chi connectivity index (χ1v) is 5.32. The van der Waals surface area contributed by atoms with E-state index in [1.54, 1.807) is 13.8 Å². The molecule has 0 aromatic heterocycles. The lowest BCUT2D eigenvalue weighted by Gasteiger charge is -2.16. The molecule has 1 amide bonds. The molecule has 0 radical (unpaired) electrons. The molecule has 1 atom stereocenters. The van der Waals surface area contributed by atoms with Crippen LogP contribution in [0.3, 0.4) is 0 Å². The first-order valence-electron chi connectivity index (χ1n) is 5.32. The highest BCUT2D eigenvalue weighted by Crippen LogP contribution is 2.21. The lowest BCUT2D eigenvalue weighted by atomic mass is 10.2. The molecule has 18 heavy (non-hydrogen) atoms. The van der Waals surface area contributed by atoms with Gasteiger partial charge in [-0.25, -0.2) is 4.79 Å². The second kappa shape index (κ2) is 7.20. The Morgan fingerprint density at radius 3 is 2.28 bits per heavy atom. The van der Waals surface area contributed by atoms with Crippen LogP contribution in [0.4, 0.5) is 13.2 Å². The van der Waals surface area contributed by atoms with Crippen molar-refractivity contribution < 1.29 is 32.6 Å². The van der Waals surface area contributed by atoms with Crippen molar-refractivity contribution in [2.45, 2.75) is 45.0 Å². The van der Waals surface area contributed by atoms with Crippen LogP contribution in [0, 0.1) is 0 Å². The second-order valence-electron chi connectivity index (χ2n) is 3.95. The molecule has 106 valence electrons. The van der Waals surface area contributed by atoms with Gasteiger partial charge in [0.05, 0.1) is 19.1 Å². The van der Waals surface area contributed by atoms with Crippen LogP contribution in [0.25, 0.3) is 0 Å². The molecular weight excluding hydrogens is 255 g/mol. The van der Waals surface area contributed by atoms with Crippen LogP contribution in [0.2, 0.25) is 0 Å². The van der Waals surface area contributed by atoms with Gasteiger partial charge < -0.3 is 15.2 Å². The predicted octanol–water partition coefficient (Wildman–Crippen LogP) is 1.32. The van der Waals surface area contributed by atoms with Crippen LogP contribution in [0.5, 0.6) is 0 Å². The zero-order chi connectivity index (χ0) is 14.3. The molecule has 5 nitrogen and oxygen atoms in total. The van der Waals surface area contributed by atoms with Crippen LogP contribution in [0.1, 0.15) is 26.7 Å². The average Bonchev–Trinajstić information content (AvgIpc) is 2.13. The number of carbonyl (C=O) groups excluding carboxylic acids is 1. The number of amides is 1. The molecular formula is C10H16F3NO4. The van der Waals surface area contributed by atoms with Gasteiger partial charge in [-0.1, -0.05) is 0 Å². The van der Waals surface area contributed by atoms with E-state index in [2.05, 4.69) is 0 Å². The Morgan fingerprint density at radius 1 is 1.33 bits per heavy atom. The van der Waals surface area contributed by atoms with Crippen molar-refractivity contribution in [3.8, 4) is 0 Å². The molecule has 8 heteroatoms. The summed E-state index contributed by atoms with van der Waals surface area (Å²) < 4.78 is 41.1. The van der Waals surface area contributed by atoms with Crippen LogP contribution in [0.15, 0.2) is 0 Å². The molecule has 0 spiro atoms. The van der Waals surface area contributed by atoms with Gasteiger partial charge in [0.15, 0.2) is 0 Å². The molecule has 1 unspecified atom stereocenters. The number of nitrogens with one attached hydrogen (secondary N) is 1. The van der Waals surface area contributed by atoms with Crippen molar-refractivity contribution in [3.63, 3.8) is 0 Å². The number of halogens is 3. The minimum Gasteiger partial charge on any atom is -0.480 e. The summed E-state index contributed by atoms with van der Waals surface area (Å²) >= 11 is 0. The summed E-state index contributed by atoms with van der Waals surface area (Å²) in [7, 11) is 0. The van der Waals surface area contributed by atoms with Crippen LogP contribution in [-0.2, 0) is 14.3 Å². The fraction of sp³-hybridized carbons (Fsp3) is 0.800. The molecule has 0 bridgehead atoms. The van der Waals surface area contributed by atoms with Crippen LogP contribution >= 0.6 is 0 Å². The van der Waals surface area contributed by atoms with E-state index in [-0.39, 0.29) is 19.1 Å². The average molecular weight is 271 g/mol. The number of carboxylic acids is 1. The third-order valence-corrected chi connectivity index (χ3v) is 1.85. The summed E-state index contributed by atoms with van der Waals surface area (Å²) in [4.78, 5) is 21.8. The van der Waals surface area contributed by atoms with E-state index in [0.29, 0.717) is 0 Å². The van der Waals surface area contributed by atoms with E-state index in [4.69, 9.17) is 9.84 Å². The Kier molecular flexibility index (Phi) is 6.67. The maximum absolute atomic E-state index is 12.0. The van der Waals surface area contributed by atoms with Gasteiger partial charge >= 0.3 is 12.1 Å². The van der Waals surface area contributed by atoms with E-state index in [0.717, 1.165) is 0 Å². The summed E-state index contributed by atoms with van der Waals surface area (Å²) in [6.07, 6.45) is -6.53. The number of aliphatic carboxylic acids is 1. The van der Waals surface area contributed by atoms with Crippen molar-refractivity contribution in [3.05, 3.63) is 0 Å². The van der Waals surface area contributed by atoms with Crippen molar-refractivity contribution in [2.24, 2.45) is 0 Å². The Hall–Kier alpha value is -1.31. The largest absolute Gasteiger partial charge is 0.480 e. The number of hydrogen-bond acceptors (Lipinski definition) is 3. The standard InChI is InChI=1S/C10H16F3NO4/c1-6(2)18-4-3-8(15)14-7(9(16)17)5-10(11,12)13/h6-7H,3-5H2,1-2H3,(H,14,15)(H,16,17). The molecule has 0 aromatic rings. The predicted molar refractivity (Wildman–Crippen MR) is 55.9 cm³/mol. The summed E-state index contributed by atoms with van der Waals surface area (Å²) in [6.45, 7) is 3.51. The number of rotatable bonds is 7. The normalized spacial score (nSPS) is 13.4. The van der Waals surface area contributed by atoms with Crippen LogP contribution < -0.4 is 5.32 Å². The van der Waals surface area contributed by atoms with Gasteiger partial charge in [0, 0.05) is 6.42 Å². The Labute approximate surface area is 102 Å². The molecule has 0 saturated carbocycles. The molecule has 2 N–H and O–H groups in total. The molecule has 0 aliphatic heterocycles. The molecule has 0 aromatic carbocycles. The van der Waals surface area contributed by atoms with E-state index < -0.39 is 30.5 Å². The number of hydrogen-bond donors (Lipinski definition) is 2. The lowest BCUT2D eigenvalue weighted by Crippen LogP contribution is -2.43. The fourth-order valence-electron chi connectivity index (χ4n) is 1.09. The van der Waals surface area contributed by atoms with Gasteiger partial charge in [-0.15, -0.1) is 0 Å². The third kappa shape index (κ3) is 8.80. The monoisotopic (exact) mass is 271 g/mol. The quantitative estimate of drug-likeness (QED) is 0.732. The lowest BCUT2D eigenvalue weighted by molar-refractivity contribution is -0.160. The maximum atomic E-state index is 12.0. The van der Waals surface area contributed by atoms with Gasteiger partial charge in [-0.2, -0.15) is 13.2 Å². The van der Waals surface area contributed by atoms with Gasteiger partial charge in [0.1, 0.15) is 6.04 Å². The topological polar surface area (TPSA) is 75.6 Å². The minimum absolute atomic E-state index is 0.0296. The summed E-state index contributed by atoms with van der Waals surface area (Å²) in [5, 5.41) is 10.4. The molecule has 0 heterocycles. The van der Waals surface area contributed by atoms with Crippen LogP contribution in [-0.4, -0.2) is 41.9 Å². The van der Waals surface area contributed by atoms with E-state index >= 15 is 0 Å². The summed E-state index contributed by atoms with van der Waals surface area (Å²) in [6, 6.07) is -1.96. The Balaban J connectivity index is 4.17. The van der Waals surface area contributed by atoms with Gasteiger partial charge in [-0.3, -0.25) is 4.79 Å². The highest BCUT2D eigenvalue weighted by Gasteiger charge is 2.36. The molecule has 0 aliphatic rings. The zero-order valence-electron chi connectivity index (χ0n) is 10.1. The third-order valence-electron chi connectivity index (χ3n) is 1.85. The molecule has 0 rings (SSSR count). The first-order chi connectivity index (χ1) is 8.11. The number of carbonyl (C=O) groups is 2. The van der Waals surface area contributed by atoms with Gasteiger partial charge in [0.25, 0.3) is 0 Å². The van der Waals surface area contributed by atoms with E-state index in [1.165, 1.54) is 0 Å². The highest BCUT2D eigenvalue weighted by molar-refractivity contribution is 5.83. The maximum Gasteiger partial charge on any atom is 0.391 e. The highest BCUT2D eigenvalue weighted by atomic mass is 19.4. The smallest absolute Gasteiger partial charge is 0.391 e. The van der Waals surface area contributed by atoms with Gasteiger partial charge in [0.2, 0.25) is 5.91 Å². The van der Waals surface area contributed by atoms with Gasteiger partial charge in [-0.05, 0) is 13.8 Å². The minimum atomic E-state index is -4.65. The second-order valence-corrected chi connectivity index (χ2v) is 3.95. The molecule has 0 fully saturated rings. The van der Waals surface area contributed by atoms with Crippen molar-refractivity contribution in [1.29, 1.82) is 0 Å². The fourth-order valence-corrected chi connectivity index (χ4v) is 1.09. The van der Waals surface area contributed by atoms with Crippen molar-refractivity contribution in [1.82, 2.24) is 5.32 Å². The Morgan fingerprint density at radius 2 is 1.89 bits per heavy atom. The van der Waals surface area contributed by atoms with Crippen molar-refractivity contribution in [2.75, 3.05) is 6.61 Å². The Bertz CT molecular complexity index is 291. The molecule has 0 aliphatic carbocycles. The number of ether oxygens (including phenoxy) is 1. The number of alkyl halides is 3. The van der Waals surface area contributed by atoms with E-state index in [1.807, 2.05) is 5.32 Å². The summed E-state index contributed by atoms with van der Waals surface area (Å²) in [5.74, 6) is -2.50. The SMILES string of the molecule is CC(C)OCCC(=O)NC(CC(F)(F)F)C(=O)O. The summed E-state index contributed by atoms with van der Waals surface area (Å²) in [5.41, 5.74) is 0. The zero-order valence-corrected chi connectivity index (χ0v) is 10.1. The van der Waals surface area contributed by atoms with Crippen molar-refractivity contribution >= 4 is 11.9 Å².